The number of hydrogen-bond acceptors (Lipinski definition) is 2. The third-order valence-electron chi connectivity index (χ3n) is 3.91. The van der Waals surface area contributed by atoms with Crippen molar-refractivity contribution in [2.75, 3.05) is 13.2 Å². The quantitative estimate of drug-likeness (QED) is 0.796. The van der Waals surface area contributed by atoms with E-state index >= 15 is 0 Å². The van der Waals surface area contributed by atoms with Crippen molar-refractivity contribution >= 4 is 12.4 Å². The van der Waals surface area contributed by atoms with E-state index in [2.05, 4.69) is 18.2 Å². The molecule has 0 bridgehead atoms. The SMILES string of the molecule is O=Cc1ccccc1CC1COC/C1=C\c1ccccc1. The smallest absolute Gasteiger partial charge is 0.150 e. The predicted octanol–water partition coefficient (Wildman–Crippen LogP) is 3.77. The van der Waals surface area contributed by atoms with Gasteiger partial charge in [0.15, 0.2) is 0 Å². The van der Waals surface area contributed by atoms with E-state index in [-0.39, 0.29) is 0 Å². The molecule has 3 rings (SSSR count). The Balaban J connectivity index is 1.81. The van der Waals surface area contributed by atoms with Crippen LogP contribution in [0.5, 0.6) is 0 Å². The second-order valence-electron chi connectivity index (χ2n) is 5.36. The van der Waals surface area contributed by atoms with E-state index in [1.165, 1.54) is 11.1 Å². The monoisotopic (exact) mass is 278 g/mol. The average Bonchev–Trinajstić information content (AvgIpc) is 2.96. The molecule has 1 heterocycles. The first-order valence-electron chi connectivity index (χ1n) is 7.23. The molecular formula is C19H18O2. The zero-order chi connectivity index (χ0) is 14.5. The minimum atomic E-state index is 0.353. The van der Waals surface area contributed by atoms with Crippen molar-refractivity contribution in [1.29, 1.82) is 0 Å². The van der Waals surface area contributed by atoms with Crippen molar-refractivity contribution < 1.29 is 9.53 Å². The largest absolute Gasteiger partial charge is 0.376 e. The first kappa shape index (κ1) is 13.8. The zero-order valence-electron chi connectivity index (χ0n) is 11.9. The van der Waals surface area contributed by atoms with E-state index in [1.54, 1.807) is 0 Å². The van der Waals surface area contributed by atoms with E-state index < -0.39 is 0 Å². The van der Waals surface area contributed by atoms with Gasteiger partial charge in [0.2, 0.25) is 0 Å². The second kappa shape index (κ2) is 6.51. The van der Waals surface area contributed by atoms with E-state index in [9.17, 15) is 4.79 Å². The van der Waals surface area contributed by atoms with Gasteiger partial charge in [-0.2, -0.15) is 0 Å². The van der Waals surface area contributed by atoms with Gasteiger partial charge in [0.1, 0.15) is 6.29 Å². The van der Waals surface area contributed by atoms with E-state index in [0.717, 1.165) is 30.4 Å². The number of carbonyl (C=O) groups is 1. The summed E-state index contributed by atoms with van der Waals surface area (Å²) in [4.78, 5) is 11.1. The third kappa shape index (κ3) is 3.29. The van der Waals surface area contributed by atoms with Crippen LogP contribution in [0.25, 0.3) is 6.08 Å². The molecule has 0 N–H and O–H groups in total. The van der Waals surface area contributed by atoms with E-state index in [4.69, 9.17) is 4.74 Å². The average molecular weight is 278 g/mol. The molecule has 1 atom stereocenters. The summed E-state index contributed by atoms with van der Waals surface area (Å²) in [6.45, 7) is 1.41. The van der Waals surface area contributed by atoms with Gasteiger partial charge in [-0.15, -0.1) is 0 Å². The normalized spacial score (nSPS) is 19.8. The van der Waals surface area contributed by atoms with E-state index in [1.807, 2.05) is 42.5 Å². The molecule has 1 aliphatic heterocycles. The molecule has 2 nitrogen and oxygen atoms in total. The first-order chi connectivity index (χ1) is 10.4. The molecule has 0 spiro atoms. The fraction of sp³-hybridized carbons (Fsp3) is 0.211. The summed E-state index contributed by atoms with van der Waals surface area (Å²) in [5.74, 6) is 0.353. The molecule has 106 valence electrons. The lowest BCUT2D eigenvalue weighted by Crippen LogP contribution is -2.08. The number of benzene rings is 2. The Morgan fingerprint density at radius 3 is 2.62 bits per heavy atom. The van der Waals surface area contributed by atoms with E-state index in [0.29, 0.717) is 12.5 Å². The van der Waals surface area contributed by atoms with Crippen LogP contribution in [0.2, 0.25) is 0 Å². The molecule has 1 unspecified atom stereocenters. The van der Waals surface area contributed by atoms with Gasteiger partial charge in [-0.05, 0) is 23.1 Å². The van der Waals surface area contributed by atoms with Gasteiger partial charge in [-0.3, -0.25) is 4.79 Å². The molecule has 1 aliphatic rings. The molecule has 0 aliphatic carbocycles. The highest BCUT2D eigenvalue weighted by Crippen LogP contribution is 2.27. The van der Waals surface area contributed by atoms with Crippen LogP contribution in [-0.4, -0.2) is 19.5 Å². The number of aldehydes is 1. The van der Waals surface area contributed by atoms with Gasteiger partial charge >= 0.3 is 0 Å². The summed E-state index contributed by atoms with van der Waals surface area (Å²) >= 11 is 0. The van der Waals surface area contributed by atoms with Crippen LogP contribution in [0.1, 0.15) is 21.5 Å². The molecule has 0 amide bonds. The summed E-state index contributed by atoms with van der Waals surface area (Å²) in [5.41, 5.74) is 4.39. The van der Waals surface area contributed by atoms with Crippen LogP contribution in [0.3, 0.4) is 0 Å². The highest BCUT2D eigenvalue weighted by molar-refractivity contribution is 5.77. The Labute approximate surface area is 125 Å². The van der Waals surface area contributed by atoms with Crippen molar-refractivity contribution in [3.8, 4) is 0 Å². The Kier molecular flexibility index (Phi) is 4.27. The van der Waals surface area contributed by atoms with Crippen LogP contribution in [-0.2, 0) is 11.2 Å². The Bertz CT molecular complexity index is 644. The second-order valence-corrected chi connectivity index (χ2v) is 5.36. The van der Waals surface area contributed by atoms with Gasteiger partial charge in [-0.1, -0.05) is 60.7 Å². The Morgan fingerprint density at radius 2 is 1.81 bits per heavy atom. The maximum absolute atomic E-state index is 11.1. The van der Waals surface area contributed by atoms with Gasteiger partial charge in [0.05, 0.1) is 13.2 Å². The first-order valence-corrected chi connectivity index (χ1v) is 7.23. The predicted molar refractivity (Wildman–Crippen MR) is 84.3 cm³/mol. The van der Waals surface area contributed by atoms with Crippen LogP contribution < -0.4 is 0 Å². The lowest BCUT2D eigenvalue weighted by molar-refractivity contribution is 0.112. The summed E-state index contributed by atoms with van der Waals surface area (Å²) in [6, 6.07) is 18.1. The molecular weight excluding hydrogens is 260 g/mol. The van der Waals surface area contributed by atoms with Crippen molar-refractivity contribution in [2.45, 2.75) is 6.42 Å². The molecule has 1 saturated heterocycles. The standard InChI is InChI=1S/C19H18O2/c20-12-17-9-5-4-8-16(17)11-19-14-21-13-18(19)10-15-6-2-1-3-7-15/h1-10,12,19H,11,13-14H2/b18-10+. The summed E-state index contributed by atoms with van der Waals surface area (Å²) in [5, 5.41) is 0. The minimum Gasteiger partial charge on any atom is -0.376 e. The third-order valence-corrected chi connectivity index (χ3v) is 3.91. The Morgan fingerprint density at radius 1 is 1.05 bits per heavy atom. The maximum atomic E-state index is 11.1. The Hall–Kier alpha value is -2.19. The molecule has 2 aromatic carbocycles. The van der Waals surface area contributed by atoms with Gasteiger partial charge in [-0.25, -0.2) is 0 Å². The van der Waals surface area contributed by atoms with Crippen molar-refractivity contribution in [2.24, 2.45) is 5.92 Å². The molecule has 0 aromatic heterocycles. The highest BCUT2D eigenvalue weighted by atomic mass is 16.5. The number of hydrogen-bond donors (Lipinski definition) is 0. The van der Waals surface area contributed by atoms with Crippen LogP contribution in [0.15, 0.2) is 60.2 Å². The summed E-state index contributed by atoms with van der Waals surface area (Å²) in [6.07, 6.45) is 4.00. The van der Waals surface area contributed by atoms with Gasteiger partial charge in [0, 0.05) is 11.5 Å². The topological polar surface area (TPSA) is 26.3 Å². The fourth-order valence-corrected chi connectivity index (χ4v) is 2.76. The molecule has 0 saturated carbocycles. The molecule has 0 radical (unpaired) electrons. The van der Waals surface area contributed by atoms with Crippen molar-refractivity contribution in [1.82, 2.24) is 0 Å². The molecule has 21 heavy (non-hydrogen) atoms. The van der Waals surface area contributed by atoms with Crippen molar-refractivity contribution in [3.05, 3.63) is 76.9 Å². The van der Waals surface area contributed by atoms with Crippen LogP contribution >= 0.6 is 0 Å². The molecule has 1 fully saturated rings. The molecule has 2 heteroatoms. The zero-order valence-corrected chi connectivity index (χ0v) is 11.9. The fourth-order valence-electron chi connectivity index (χ4n) is 2.76. The van der Waals surface area contributed by atoms with Gasteiger partial charge < -0.3 is 4.74 Å². The maximum Gasteiger partial charge on any atom is 0.150 e. The number of carbonyl (C=O) groups excluding carboxylic acids is 1. The lowest BCUT2D eigenvalue weighted by atomic mass is 9.91. The highest BCUT2D eigenvalue weighted by Gasteiger charge is 2.22. The van der Waals surface area contributed by atoms with Gasteiger partial charge in [0.25, 0.3) is 0 Å². The summed E-state index contributed by atoms with van der Waals surface area (Å²) < 4.78 is 5.63. The number of ether oxygens (including phenoxy) is 1. The van der Waals surface area contributed by atoms with Crippen molar-refractivity contribution in [3.63, 3.8) is 0 Å². The summed E-state index contributed by atoms with van der Waals surface area (Å²) in [7, 11) is 0. The lowest BCUT2D eigenvalue weighted by Gasteiger charge is -2.12. The van der Waals surface area contributed by atoms with Crippen LogP contribution in [0.4, 0.5) is 0 Å². The molecule has 2 aromatic rings. The number of rotatable bonds is 4. The van der Waals surface area contributed by atoms with Crippen LogP contribution in [0, 0.1) is 5.92 Å². The minimum absolute atomic E-state index is 0.353.